The Labute approximate surface area is 292 Å². The van der Waals surface area contributed by atoms with Crippen molar-refractivity contribution in [1.82, 2.24) is 0 Å². The molecule has 234 valence electrons. The van der Waals surface area contributed by atoms with E-state index in [1.807, 2.05) is 0 Å². The van der Waals surface area contributed by atoms with Crippen molar-refractivity contribution in [3.8, 4) is 44.9 Å². The van der Waals surface area contributed by atoms with Crippen LogP contribution in [0, 0.1) is 0 Å². The largest absolute Gasteiger partial charge is 0.456 e. The van der Waals surface area contributed by atoms with Crippen LogP contribution in [0.1, 0.15) is 45.9 Å². The molecule has 2 atom stereocenters. The highest BCUT2D eigenvalue weighted by Crippen LogP contribution is 2.64. The smallest absolute Gasteiger partial charge is 0.139 e. The molecule has 2 unspecified atom stereocenters. The molecule has 3 aliphatic rings. The molecule has 50 heavy (non-hydrogen) atoms. The summed E-state index contributed by atoms with van der Waals surface area (Å²) in [7, 11) is 0. The van der Waals surface area contributed by atoms with Gasteiger partial charge in [-0.25, -0.2) is 0 Å². The van der Waals surface area contributed by atoms with E-state index in [1.165, 1.54) is 72.0 Å². The standard InChI is InChI=1S/C49H32O/c1-48(33-15-3-2-4-16-33)43-23-11-12-25-45(43)50-47-35(20-13-24-44(47)48)32-27-29-42-39(30-32)37-19-8-10-22-41(37)49(42)40-21-9-7-18-36(40)38-28-26-31-14-5-6-17-34(31)46(38)49/h2-30H,1H3. The van der Waals surface area contributed by atoms with E-state index in [0.29, 0.717) is 0 Å². The fourth-order valence-electron chi connectivity index (χ4n) is 9.67. The van der Waals surface area contributed by atoms with Gasteiger partial charge in [0.05, 0.1) is 5.41 Å². The summed E-state index contributed by atoms with van der Waals surface area (Å²) in [4.78, 5) is 0. The van der Waals surface area contributed by atoms with Gasteiger partial charge in [0.2, 0.25) is 0 Å². The molecule has 1 spiro atoms. The van der Waals surface area contributed by atoms with Crippen LogP contribution < -0.4 is 4.74 Å². The fourth-order valence-corrected chi connectivity index (χ4v) is 9.67. The molecule has 2 aliphatic carbocycles. The van der Waals surface area contributed by atoms with Gasteiger partial charge < -0.3 is 4.74 Å². The Morgan fingerprint density at radius 2 is 1.04 bits per heavy atom. The molecule has 8 aromatic carbocycles. The average molecular weight is 637 g/mol. The van der Waals surface area contributed by atoms with E-state index in [1.54, 1.807) is 0 Å². The molecule has 1 heterocycles. The maximum Gasteiger partial charge on any atom is 0.139 e. The van der Waals surface area contributed by atoms with Crippen LogP contribution in [0.4, 0.5) is 0 Å². The van der Waals surface area contributed by atoms with Crippen molar-refractivity contribution >= 4 is 10.8 Å². The maximum atomic E-state index is 6.90. The first kappa shape index (κ1) is 27.7. The molecular weight excluding hydrogens is 605 g/mol. The fraction of sp³-hybridized carbons (Fsp3) is 0.0612. The Morgan fingerprint density at radius 3 is 1.86 bits per heavy atom. The molecule has 0 saturated heterocycles. The van der Waals surface area contributed by atoms with Crippen molar-refractivity contribution in [2.75, 3.05) is 0 Å². The third kappa shape index (κ3) is 3.37. The minimum Gasteiger partial charge on any atom is -0.456 e. The minimum absolute atomic E-state index is 0.368. The molecule has 0 N–H and O–H groups in total. The zero-order chi connectivity index (χ0) is 33.0. The number of ether oxygens (including phenoxy) is 1. The lowest BCUT2D eigenvalue weighted by Crippen LogP contribution is -2.29. The summed E-state index contributed by atoms with van der Waals surface area (Å²) in [5, 5.41) is 2.59. The van der Waals surface area contributed by atoms with Crippen LogP contribution in [-0.4, -0.2) is 0 Å². The van der Waals surface area contributed by atoms with Crippen LogP contribution in [0.2, 0.25) is 0 Å². The average Bonchev–Trinajstić information content (AvgIpc) is 3.65. The monoisotopic (exact) mass is 636 g/mol. The lowest BCUT2D eigenvalue weighted by atomic mass is 9.68. The number of benzene rings is 8. The molecule has 1 nitrogen and oxygen atoms in total. The Bertz CT molecular complexity index is 2700. The summed E-state index contributed by atoms with van der Waals surface area (Å²) in [6.07, 6.45) is 0. The number of hydrogen-bond acceptors (Lipinski definition) is 1. The van der Waals surface area contributed by atoms with E-state index in [2.05, 4.69) is 183 Å². The van der Waals surface area contributed by atoms with Crippen molar-refractivity contribution < 1.29 is 4.74 Å². The molecule has 1 aliphatic heterocycles. The normalized spacial score (nSPS) is 18.8. The van der Waals surface area contributed by atoms with E-state index in [-0.39, 0.29) is 5.41 Å². The summed E-state index contributed by atoms with van der Waals surface area (Å²) in [6, 6.07) is 64.9. The van der Waals surface area contributed by atoms with Crippen molar-refractivity contribution in [1.29, 1.82) is 0 Å². The first-order chi connectivity index (χ1) is 24.7. The molecule has 11 rings (SSSR count). The van der Waals surface area contributed by atoms with Crippen LogP contribution in [0.25, 0.3) is 44.2 Å². The Kier molecular flexibility index (Phi) is 5.51. The highest BCUT2D eigenvalue weighted by molar-refractivity contribution is 6.04. The Balaban J connectivity index is 1.18. The number of para-hydroxylation sites is 2. The summed E-state index contributed by atoms with van der Waals surface area (Å²) >= 11 is 0. The molecule has 0 aromatic heterocycles. The van der Waals surface area contributed by atoms with Gasteiger partial charge >= 0.3 is 0 Å². The quantitative estimate of drug-likeness (QED) is 0.183. The topological polar surface area (TPSA) is 9.23 Å². The van der Waals surface area contributed by atoms with Crippen LogP contribution in [0.5, 0.6) is 11.5 Å². The summed E-state index contributed by atoms with van der Waals surface area (Å²) in [6.45, 7) is 2.34. The predicted molar refractivity (Wildman–Crippen MR) is 204 cm³/mol. The lowest BCUT2D eigenvalue weighted by molar-refractivity contribution is 0.429. The van der Waals surface area contributed by atoms with Crippen molar-refractivity contribution in [3.63, 3.8) is 0 Å². The molecular formula is C49H32O. The van der Waals surface area contributed by atoms with Crippen LogP contribution >= 0.6 is 0 Å². The Morgan fingerprint density at radius 1 is 0.420 bits per heavy atom. The second kappa shape index (κ2) is 9.94. The van der Waals surface area contributed by atoms with Gasteiger partial charge in [0.25, 0.3) is 0 Å². The zero-order valence-corrected chi connectivity index (χ0v) is 27.7. The SMILES string of the molecule is CC1(c2ccccc2)c2ccccc2Oc2c(-c3ccc4c(c3)-c3ccccc3C43c4ccccc4-c4ccc5ccccc5c43)cccc21. The summed E-state index contributed by atoms with van der Waals surface area (Å²) in [5.74, 6) is 1.84. The van der Waals surface area contributed by atoms with E-state index in [9.17, 15) is 0 Å². The lowest BCUT2D eigenvalue weighted by Gasteiger charge is -2.39. The Hall–Kier alpha value is -6.18. The summed E-state index contributed by atoms with van der Waals surface area (Å²) < 4.78 is 6.90. The van der Waals surface area contributed by atoms with Gasteiger partial charge in [-0.3, -0.25) is 0 Å². The van der Waals surface area contributed by atoms with Crippen molar-refractivity contribution in [2.24, 2.45) is 0 Å². The number of hydrogen-bond donors (Lipinski definition) is 0. The molecule has 0 fully saturated rings. The van der Waals surface area contributed by atoms with Gasteiger partial charge in [-0.05, 0) is 85.5 Å². The first-order valence-corrected chi connectivity index (χ1v) is 17.5. The predicted octanol–water partition coefficient (Wildman–Crippen LogP) is 12.3. The maximum absolute atomic E-state index is 6.90. The second-order valence-electron chi connectivity index (χ2n) is 14.1. The molecule has 8 aromatic rings. The molecule has 0 bridgehead atoms. The van der Waals surface area contributed by atoms with Gasteiger partial charge in [-0.1, -0.05) is 164 Å². The van der Waals surface area contributed by atoms with Crippen molar-refractivity contribution in [3.05, 3.63) is 215 Å². The van der Waals surface area contributed by atoms with Crippen LogP contribution in [0.15, 0.2) is 176 Å². The highest BCUT2D eigenvalue weighted by atomic mass is 16.5. The van der Waals surface area contributed by atoms with E-state index in [0.717, 1.165) is 22.6 Å². The summed E-state index contributed by atoms with van der Waals surface area (Å²) in [5.41, 5.74) is 15.8. The van der Waals surface area contributed by atoms with Gasteiger partial charge in [0.1, 0.15) is 11.5 Å². The second-order valence-corrected chi connectivity index (χ2v) is 14.1. The molecule has 0 radical (unpaired) electrons. The first-order valence-electron chi connectivity index (χ1n) is 17.5. The highest BCUT2D eigenvalue weighted by Gasteiger charge is 2.52. The molecule has 0 saturated carbocycles. The van der Waals surface area contributed by atoms with E-state index in [4.69, 9.17) is 4.74 Å². The third-order valence-electron chi connectivity index (χ3n) is 11.8. The molecule has 1 heteroatoms. The van der Waals surface area contributed by atoms with Gasteiger partial charge in [-0.2, -0.15) is 0 Å². The van der Waals surface area contributed by atoms with Gasteiger partial charge in [-0.15, -0.1) is 0 Å². The van der Waals surface area contributed by atoms with Crippen LogP contribution in [-0.2, 0) is 10.8 Å². The van der Waals surface area contributed by atoms with Crippen LogP contribution in [0.3, 0.4) is 0 Å². The zero-order valence-electron chi connectivity index (χ0n) is 27.7. The number of fused-ring (bicyclic) bond motifs is 14. The van der Waals surface area contributed by atoms with Crippen molar-refractivity contribution in [2.45, 2.75) is 17.8 Å². The molecule has 0 amide bonds. The third-order valence-corrected chi connectivity index (χ3v) is 11.8. The number of rotatable bonds is 2. The van der Waals surface area contributed by atoms with Gasteiger partial charge in [0, 0.05) is 22.1 Å². The van der Waals surface area contributed by atoms with E-state index >= 15 is 0 Å². The van der Waals surface area contributed by atoms with E-state index < -0.39 is 5.41 Å². The van der Waals surface area contributed by atoms with Gasteiger partial charge in [0.15, 0.2) is 0 Å². The minimum atomic E-state index is -0.408.